The summed E-state index contributed by atoms with van der Waals surface area (Å²) < 4.78 is 4.67. The van der Waals surface area contributed by atoms with Gasteiger partial charge in [-0.3, -0.25) is 4.79 Å². The molecule has 0 saturated carbocycles. The summed E-state index contributed by atoms with van der Waals surface area (Å²) in [5.74, 6) is -0.866. The highest BCUT2D eigenvalue weighted by molar-refractivity contribution is 5.92. The van der Waals surface area contributed by atoms with Gasteiger partial charge in [0.15, 0.2) is 0 Å². The van der Waals surface area contributed by atoms with Gasteiger partial charge in [-0.1, -0.05) is 36.4 Å². The smallest absolute Gasteiger partial charge is 0.337 e. The first-order valence-electron chi connectivity index (χ1n) is 6.37. The van der Waals surface area contributed by atoms with E-state index in [4.69, 9.17) is 5.73 Å². The van der Waals surface area contributed by atoms with Crippen LogP contribution in [0.15, 0.2) is 54.6 Å². The molecule has 0 atom stereocenters. The Labute approximate surface area is 122 Å². The maximum atomic E-state index is 11.4. The zero-order chi connectivity index (χ0) is 15.2. The second-order valence-corrected chi connectivity index (χ2v) is 4.39. The number of esters is 1. The number of nitrogens with two attached hydrogens (primary N) is 1. The van der Waals surface area contributed by atoms with Crippen LogP contribution in [-0.2, 0) is 9.53 Å². The largest absolute Gasteiger partial charge is 0.465 e. The minimum atomic E-state index is -0.495. The van der Waals surface area contributed by atoms with Gasteiger partial charge < -0.3 is 10.5 Å². The molecule has 0 bridgehead atoms. The molecule has 2 aromatic rings. The number of carbonyl (C=O) groups is 2. The average molecular weight is 281 g/mol. The zero-order valence-electron chi connectivity index (χ0n) is 11.6. The van der Waals surface area contributed by atoms with Crippen LogP contribution in [0.5, 0.6) is 0 Å². The fraction of sp³-hybridized carbons (Fsp3) is 0.0588. The topological polar surface area (TPSA) is 69.4 Å². The van der Waals surface area contributed by atoms with E-state index in [9.17, 15) is 9.59 Å². The summed E-state index contributed by atoms with van der Waals surface area (Å²) in [6.45, 7) is 0. The number of ether oxygens (including phenoxy) is 1. The highest BCUT2D eigenvalue weighted by Crippen LogP contribution is 2.25. The molecule has 0 aliphatic rings. The zero-order valence-corrected chi connectivity index (χ0v) is 11.6. The van der Waals surface area contributed by atoms with E-state index in [-0.39, 0.29) is 5.97 Å². The number of amides is 1. The van der Waals surface area contributed by atoms with E-state index in [0.717, 1.165) is 16.7 Å². The van der Waals surface area contributed by atoms with E-state index in [0.29, 0.717) is 5.56 Å². The van der Waals surface area contributed by atoms with Crippen molar-refractivity contribution in [3.05, 3.63) is 65.7 Å². The molecule has 0 heterocycles. The van der Waals surface area contributed by atoms with Crippen molar-refractivity contribution in [3.63, 3.8) is 0 Å². The Bertz CT molecular complexity index is 687. The van der Waals surface area contributed by atoms with Crippen molar-refractivity contribution < 1.29 is 14.3 Å². The molecule has 21 heavy (non-hydrogen) atoms. The van der Waals surface area contributed by atoms with Gasteiger partial charge in [0.05, 0.1) is 12.7 Å². The Morgan fingerprint density at radius 2 is 1.71 bits per heavy atom. The van der Waals surface area contributed by atoms with Gasteiger partial charge in [0.2, 0.25) is 5.91 Å². The van der Waals surface area contributed by atoms with Gasteiger partial charge >= 0.3 is 5.97 Å². The second-order valence-electron chi connectivity index (χ2n) is 4.39. The average Bonchev–Trinajstić information content (AvgIpc) is 2.52. The summed E-state index contributed by atoms with van der Waals surface area (Å²) in [5, 5.41) is 0. The van der Waals surface area contributed by atoms with E-state index < -0.39 is 5.91 Å². The van der Waals surface area contributed by atoms with Crippen molar-refractivity contribution >= 4 is 18.0 Å². The molecule has 0 radical (unpaired) electrons. The molecular weight excluding hydrogens is 266 g/mol. The van der Waals surface area contributed by atoms with Gasteiger partial charge in [-0.2, -0.15) is 0 Å². The summed E-state index contributed by atoms with van der Waals surface area (Å²) in [6.07, 6.45) is 2.99. The van der Waals surface area contributed by atoms with Crippen LogP contribution in [0.25, 0.3) is 17.2 Å². The normalized spacial score (nSPS) is 10.5. The predicted molar refractivity (Wildman–Crippen MR) is 81.4 cm³/mol. The summed E-state index contributed by atoms with van der Waals surface area (Å²) in [7, 11) is 1.35. The Morgan fingerprint density at radius 1 is 1.05 bits per heavy atom. The number of carbonyl (C=O) groups excluding carboxylic acids is 2. The molecule has 0 unspecified atom stereocenters. The number of primary amides is 1. The van der Waals surface area contributed by atoms with Crippen molar-refractivity contribution in [2.24, 2.45) is 5.73 Å². The molecule has 4 nitrogen and oxygen atoms in total. The molecule has 0 spiro atoms. The van der Waals surface area contributed by atoms with E-state index in [2.05, 4.69) is 4.74 Å². The molecule has 106 valence electrons. The van der Waals surface area contributed by atoms with E-state index >= 15 is 0 Å². The lowest BCUT2D eigenvalue weighted by Crippen LogP contribution is -2.05. The molecule has 0 aliphatic heterocycles. The monoisotopic (exact) mass is 281 g/mol. The molecule has 1 amide bonds. The summed E-state index contributed by atoms with van der Waals surface area (Å²) in [5.41, 5.74) is 8.38. The van der Waals surface area contributed by atoms with Crippen LogP contribution < -0.4 is 5.73 Å². The highest BCUT2D eigenvalue weighted by Gasteiger charge is 2.07. The van der Waals surface area contributed by atoms with Crippen molar-refractivity contribution in [1.82, 2.24) is 0 Å². The highest BCUT2D eigenvalue weighted by atomic mass is 16.5. The van der Waals surface area contributed by atoms with E-state index in [1.165, 1.54) is 13.2 Å². The molecule has 0 aliphatic carbocycles. The second kappa shape index (κ2) is 6.52. The number of hydrogen-bond donors (Lipinski definition) is 1. The molecule has 4 heteroatoms. The Hall–Kier alpha value is -2.88. The van der Waals surface area contributed by atoms with Gasteiger partial charge in [0.1, 0.15) is 0 Å². The van der Waals surface area contributed by atoms with Gasteiger partial charge in [-0.25, -0.2) is 4.79 Å². The van der Waals surface area contributed by atoms with Crippen molar-refractivity contribution in [2.75, 3.05) is 7.11 Å². The fourth-order valence-corrected chi connectivity index (χ4v) is 1.98. The third-order valence-corrected chi connectivity index (χ3v) is 3.00. The molecule has 0 saturated heterocycles. The van der Waals surface area contributed by atoms with Gasteiger partial charge in [0, 0.05) is 6.08 Å². The van der Waals surface area contributed by atoms with Gasteiger partial charge in [-0.15, -0.1) is 0 Å². The van der Waals surface area contributed by atoms with Crippen LogP contribution in [0, 0.1) is 0 Å². The van der Waals surface area contributed by atoms with Crippen LogP contribution >= 0.6 is 0 Å². The first-order chi connectivity index (χ1) is 10.1. The first kappa shape index (κ1) is 14.5. The van der Waals surface area contributed by atoms with Gasteiger partial charge in [0.25, 0.3) is 0 Å². The Morgan fingerprint density at radius 3 is 2.33 bits per heavy atom. The third kappa shape index (κ3) is 3.57. The molecular formula is C17H15NO3. The molecule has 0 aromatic heterocycles. The number of hydrogen-bond acceptors (Lipinski definition) is 3. The molecule has 2 rings (SSSR count). The predicted octanol–water partition coefficient (Wildman–Crippen LogP) is 2.64. The number of rotatable bonds is 4. The number of methoxy groups -OCH3 is 1. The van der Waals surface area contributed by atoms with Crippen LogP contribution in [-0.4, -0.2) is 19.0 Å². The number of benzene rings is 2. The summed E-state index contributed by atoms with van der Waals surface area (Å²) in [4.78, 5) is 22.3. The van der Waals surface area contributed by atoms with E-state index in [1.54, 1.807) is 18.2 Å². The lowest BCUT2D eigenvalue weighted by Gasteiger charge is -2.07. The van der Waals surface area contributed by atoms with Crippen LogP contribution in [0.3, 0.4) is 0 Å². The first-order valence-corrected chi connectivity index (χ1v) is 6.37. The maximum Gasteiger partial charge on any atom is 0.337 e. The van der Waals surface area contributed by atoms with Crippen molar-refractivity contribution in [3.8, 4) is 11.1 Å². The quantitative estimate of drug-likeness (QED) is 0.692. The fourth-order valence-electron chi connectivity index (χ4n) is 1.98. The minimum Gasteiger partial charge on any atom is -0.465 e. The Balaban J connectivity index is 2.38. The maximum absolute atomic E-state index is 11.4. The summed E-state index contributed by atoms with van der Waals surface area (Å²) >= 11 is 0. The standard InChI is InChI=1S/C17H15NO3/c1-21-17(20)14-8-6-13(7-9-14)15-5-3-2-4-12(15)10-11-16(18)19/h2-11H,1H3,(H2,18,19)/b11-10+. The molecule has 2 N–H and O–H groups in total. The van der Waals surface area contributed by atoms with E-state index in [1.807, 2.05) is 36.4 Å². The lowest BCUT2D eigenvalue weighted by molar-refractivity contribution is -0.113. The van der Waals surface area contributed by atoms with Crippen LogP contribution in [0.2, 0.25) is 0 Å². The van der Waals surface area contributed by atoms with Gasteiger partial charge in [-0.05, 0) is 34.9 Å². The molecule has 2 aromatic carbocycles. The van der Waals surface area contributed by atoms with Crippen molar-refractivity contribution in [2.45, 2.75) is 0 Å². The SMILES string of the molecule is COC(=O)c1ccc(-c2ccccc2/C=C/C(N)=O)cc1. The lowest BCUT2D eigenvalue weighted by atomic mass is 9.98. The summed E-state index contributed by atoms with van der Waals surface area (Å²) in [6, 6.07) is 14.7. The minimum absolute atomic E-state index is 0.372. The third-order valence-electron chi connectivity index (χ3n) is 3.00. The van der Waals surface area contributed by atoms with Crippen LogP contribution in [0.1, 0.15) is 15.9 Å². The van der Waals surface area contributed by atoms with Crippen LogP contribution in [0.4, 0.5) is 0 Å². The Kier molecular flexibility index (Phi) is 4.51. The molecule has 0 fully saturated rings. The van der Waals surface area contributed by atoms with Crippen molar-refractivity contribution in [1.29, 1.82) is 0 Å².